The van der Waals surface area contributed by atoms with Gasteiger partial charge in [-0.15, -0.1) is 11.3 Å². The van der Waals surface area contributed by atoms with Crippen molar-refractivity contribution in [2.24, 2.45) is 5.41 Å². The van der Waals surface area contributed by atoms with Gasteiger partial charge in [-0.1, -0.05) is 51.1 Å². The number of hydrogen-bond donors (Lipinski definition) is 4. The maximum absolute atomic E-state index is 14.0. The number of carbonyl (C=O) groups excluding carboxylic acids is 7. The lowest BCUT2D eigenvalue weighted by Crippen LogP contribution is -2.58. The smallest absolute Gasteiger partial charge is 0.266 e. The van der Waals surface area contributed by atoms with Crippen LogP contribution in [0.15, 0.2) is 48.0 Å². The molecule has 7 amide bonds. The molecule has 6 rings (SSSR count). The fourth-order valence-electron chi connectivity index (χ4n) is 6.73. The molecule has 2 unspecified atom stereocenters. The number of thiazole rings is 1. The van der Waals surface area contributed by atoms with Crippen LogP contribution in [-0.4, -0.2) is 98.6 Å². The summed E-state index contributed by atoms with van der Waals surface area (Å²) in [6.45, 7) is 6.64. The molecule has 16 heteroatoms. The van der Waals surface area contributed by atoms with E-state index in [0.29, 0.717) is 0 Å². The molecular weight excluding hydrogens is 705 g/mol. The maximum Gasteiger partial charge on any atom is 0.266 e. The fraction of sp³-hybridized carbons (Fsp3) is 0.405. The van der Waals surface area contributed by atoms with E-state index < -0.39 is 77.6 Å². The van der Waals surface area contributed by atoms with Crippen molar-refractivity contribution < 1.29 is 43.4 Å². The fourth-order valence-corrected chi connectivity index (χ4v) is 7.54. The topological polar surface area (TPSA) is 204 Å². The summed E-state index contributed by atoms with van der Waals surface area (Å²) in [5, 5.41) is 18.3. The minimum Gasteiger partial charge on any atom is -0.483 e. The average molecular weight is 745 g/mol. The highest BCUT2D eigenvalue weighted by Crippen LogP contribution is 2.34. The van der Waals surface area contributed by atoms with Crippen molar-refractivity contribution in [1.82, 2.24) is 30.7 Å². The zero-order valence-electron chi connectivity index (χ0n) is 29.6. The quantitative estimate of drug-likeness (QED) is 0.221. The highest BCUT2D eigenvalue weighted by molar-refractivity contribution is 7.13. The molecule has 0 saturated carbocycles. The van der Waals surface area contributed by atoms with Gasteiger partial charge in [0.25, 0.3) is 17.7 Å². The van der Waals surface area contributed by atoms with Crippen molar-refractivity contribution in [3.8, 4) is 16.2 Å². The number of carbonyl (C=O) groups is 7. The van der Waals surface area contributed by atoms with Gasteiger partial charge in [-0.25, -0.2) is 4.98 Å². The minimum absolute atomic E-state index is 0.0136. The molecule has 2 saturated heterocycles. The Bertz CT molecular complexity index is 1990. The number of benzene rings is 2. The number of aliphatic hydroxyl groups is 1. The number of imide groups is 2. The third-order valence-corrected chi connectivity index (χ3v) is 10.5. The summed E-state index contributed by atoms with van der Waals surface area (Å²) in [5.74, 6) is -4.56. The third kappa shape index (κ3) is 7.69. The van der Waals surface area contributed by atoms with Gasteiger partial charge in [-0.2, -0.15) is 0 Å². The molecule has 3 aliphatic heterocycles. The molecule has 0 aliphatic carbocycles. The Hall–Kier alpha value is -5.48. The molecule has 53 heavy (non-hydrogen) atoms. The van der Waals surface area contributed by atoms with Crippen LogP contribution >= 0.6 is 11.3 Å². The first kappa shape index (κ1) is 37.3. The van der Waals surface area contributed by atoms with Crippen molar-refractivity contribution in [2.75, 3.05) is 13.2 Å². The predicted molar refractivity (Wildman–Crippen MR) is 190 cm³/mol. The third-order valence-electron chi connectivity index (χ3n) is 9.50. The number of nitrogens with one attached hydrogen (secondary N) is 3. The zero-order valence-corrected chi connectivity index (χ0v) is 30.5. The largest absolute Gasteiger partial charge is 0.483 e. The van der Waals surface area contributed by atoms with E-state index in [1.165, 1.54) is 23.1 Å². The highest BCUT2D eigenvalue weighted by atomic mass is 32.1. The standard InChI is InChI=1S/C37H40N6O9S/c1-19-30(53-18-39-19)21-10-8-20(9-11-21)15-38-32(47)25-14-22(44)16-42(25)36(51)31(37(2,3)4)40-28(46)17-52-26-7-5-6-23-29(26)35(50)43(34(23)49)24-12-13-27(45)41-33(24)48/h5-11,18,22,24-25,31,44H,12-17H2,1-4H3,(H,38,47)(H,40,46)(H,41,45,48)/t22-,24?,25+,31?/m1/s1. The van der Waals surface area contributed by atoms with Crippen LogP contribution in [0.2, 0.25) is 0 Å². The van der Waals surface area contributed by atoms with E-state index in [0.717, 1.165) is 26.6 Å². The number of rotatable bonds is 10. The van der Waals surface area contributed by atoms with Crippen LogP contribution in [0.25, 0.3) is 10.4 Å². The second kappa shape index (κ2) is 14.9. The molecule has 15 nitrogen and oxygen atoms in total. The van der Waals surface area contributed by atoms with Gasteiger partial charge in [-0.05, 0) is 42.0 Å². The number of amides is 7. The van der Waals surface area contributed by atoms with Crippen LogP contribution in [0, 0.1) is 12.3 Å². The molecule has 4 atom stereocenters. The lowest BCUT2D eigenvalue weighted by Gasteiger charge is -2.35. The maximum atomic E-state index is 14.0. The Kier molecular flexibility index (Phi) is 10.5. The first-order valence-electron chi connectivity index (χ1n) is 17.2. The molecular formula is C37H40N6O9S. The van der Waals surface area contributed by atoms with E-state index in [1.807, 2.05) is 31.2 Å². The number of piperidine rings is 1. The number of aryl methyl sites for hydroxylation is 1. The molecule has 4 N–H and O–H groups in total. The second-order valence-electron chi connectivity index (χ2n) is 14.4. The number of aliphatic hydroxyl groups excluding tert-OH is 1. The summed E-state index contributed by atoms with van der Waals surface area (Å²) in [7, 11) is 0. The second-order valence-corrected chi connectivity index (χ2v) is 15.2. The zero-order chi connectivity index (χ0) is 38.2. The number of fused-ring (bicyclic) bond motifs is 1. The summed E-state index contributed by atoms with van der Waals surface area (Å²) >= 11 is 1.55. The Morgan fingerprint density at radius 2 is 1.81 bits per heavy atom. The molecule has 2 aromatic carbocycles. The van der Waals surface area contributed by atoms with Crippen LogP contribution < -0.4 is 20.7 Å². The van der Waals surface area contributed by atoms with Crippen molar-refractivity contribution in [3.05, 3.63) is 70.4 Å². The molecule has 0 bridgehead atoms. The van der Waals surface area contributed by atoms with Crippen molar-refractivity contribution >= 4 is 52.7 Å². The summed E-state index contributed by atoms with van der Waals surface area (Å²) in [4.78, 5) is 98.8. The number of ether oxygens (including phenoxy) is 1. The first-order valence-corrected chi connectivity index (χ1v) is 18.0. The number of likely N-dealkylation sites (tertiary alicyclic amines) is 1. The van der Waals surface area contributed by atoms with Gasteiger partial charge >= 0.3 is 0 Å². The number of nitrogens with zero attached hydrogens (tertiary/aromatic N) is 3. The normalized spacial score (nSPS) is 20.6. The summed E-state index contributed by atoms with van der Waals surface area (Å²) in [5.41, 5.74) is 3.62. The van der Waals surface area contributed by atoms with Crippen LogP contribution in [0.3, 0.4) is 0 Å². The van der Waals surface area contributed by atoms with Crippen LogP contribution in [0.4, 0.5) is 0 Å². The summed E-state index contributed by atoms with van der Waals surface area (Å²) in [6, 6.07) is 8.72. The average Bonchev–Trinajstić information content (AvgIpc) is 3.80. The lowest BCUT2D eigenvalue weighted by atomic mass is 9.85. The van der Waals surface area contributed by atoms with E-state index in [4.69, 9.17) is 4.74 Å². The van der Waals surface area contributed by atoms with E-state index in [9.17, 15) is 38.7 Å². The van der Waals surface area contributed by atoms with Crippen molar-refractivity contribution in [3.63, 3.8) is 0 Å². The first-order chi connectivity index (χ1) is 25.1. The monoisotopic (exact) mass is 744 g/mol. The number of aromatic nitrogens is 1. The summed E-state index contributed by atoms with van der Waals surface area (Å²) in [6.07, 6.45) is -0.977. The predicted octanol–water partition coefficient (Wildman–Crippen LogP) is 1.71. The molecule has 2 fully saturated rings. The molecule has 3 aliphatic rings. The van der Waals surface area contributed by atoms with Gasteiger partial charge in [0.15, 0.2) is 6.61 Å². The van der Waals surface area contributed by atoms with E-state index in [2.05, 4.69) is 20.9 Å². The van der Waals surface area contributed by atoms with Gasteiger partial charge in [0.05, 0.1) is 33.3 Å². The molecule has 0 spiro atoms. The number of hydrogen-bond acceptors (Lipinski definition) is 11. The Labute approximate surface area is 309 Å². The highest BCUT2D eigenvalue weighted by Gasteiger charge is 2.47. The Morgan fingerprint density at radius 1 is 1.08 bits per heavy atom. The number of β-amino-alcohol motifs (C(OH)–C–C–N with tert-alkyl or cyclic N) is 1. The van der Waals surface area contributed by atoms with Crippen molar-refractivity contribution in [2.45, 2.75) is 77.7 Å². The minimum atomic E-state index is -1.17. The van der Waals surface area contributed by atoms with Crippen LogP contribution in [0.1, 0.15) is 72.0 Å². The van der Waals surface area contributed by atoms with Gasteiger partial charge < -0.3 is 25.4 Å². The molecule has 278 valence electrons. The molecule has 0 radical (unpaired) electrons. The van der Waals surface area contributed by atoms with Gasteiger partial charge in [0.1, 0.15) is 23.9 Å². The Morgan fingerprint density at radius 3 is 2.47 bits per heavy atom. The molecule has 4 heterocycles. The van der Waals surface area contributed by atoms with Crippen LogP contribution in [0.5, 0.6) is 5.75 Å². The Balaban J connectivity index is 1.09. The van der Waals surface area contributed by atoms with Gasteiger partial charge in [0.2, 0.25) is 23.6 Å². The van der Waals surface area contributed by atoms with Gasteiger partial charge in [-0.3, -0.25) is 43.8 Å². The molecule has 1 aromatic heterocycles. The lowest BCUT2D eigenvalue weighted by molar-refractivity contribution is -0.144. The van der Waals surface area contributed by atoms with E-state index in [-0.39, 0.29) is 49.2 Å². The van der Waals surface area contributed by atoms with E-state index in [1.54, 1.807) is 37.6 Å². The van der Waals surface area contributed by atoms with Crippen molar-refractivity contribution in [1.29, 1.82) is 0 Å². The molecule has 3 aromatic rings. The van der Waals surface area contributed by atoms with Crippen LogP contribution in [-0.2, 0) is 30.5 Å². The van der Waals surface area contributed by atoms with Gasteiger partial charge in [0, 0.05) is 25.9 Å². The van der Waals surface area contributed by atoms with E-state index >= 15 is 0 Å². The SMILES string of the molecule is Cc1ncsc1-c1ccc(CNC(=O)[C@@H]2C[C@@H](O)CN2C(=O)C(NC(=O)COc2cccc3c2C(=O)N(C2CCC(=O)NC2=O)C3=O)C(C)(C)C)cc1. The summed E-state index contributed by atoms with van der Waals surface area (Å²) < 4.78 is 5.71.